The Morgan fingerprint density at radius 3 is 1.93 bits per heavy atom. The molecule has 6 heteroatoms. The number of pyridine rings is 1. The van der Waals surface area contributed by atoms with Crippen LogP contribution in [0.4, 0.5) is 11.5 Å². The van der Waals surface area contributed by atoms with Gasteiger partial charge >= 0.3 is 5.69 Å². The number of anilines is 1. The summed E-state index contributed by atoms with van der Waals surface area (Å²) in [4.78, 5) is 17.6. The van der Waals surface area contributed by atoms with Gasteiger partial charge in [-0.05, 0) is 17.2 Å². The highest BCUT2D eigenvalue weighted by Crippen LogP contribution is 2.29. The second-order valence-corrected chi connectivity index (χ2v) is 6.20. The van der Waals surface area contributed by atoms with Crippen LogP contribution in [0.25, 0.3) is 0 Å². The lowest BCUT2D eigenvalue weighted by molar-refractivity contribution is -0.384. The van der Waals surface area contributed by atoms with Crippen LogP contribution >= 0.6 is 0 Å². The minimum absolute atomic E-state index is 0.0384. The summed E-state index contributed by atoms with van der Waals surface area (Å²) in [5, 5.41) is 20.8. The van der Waals surface area contributed by atoms with Crippen molar-refractivity contribution in [2.24, 2.45) is 0 Å². The molecule has 0 saturated carbocycles. The van der Waals surface area contributed by atoms with E-state index in [1.807, 2.05) is 65.6 Å². The van der Waals surface area contributed by atoms with E-state index in [0.29, 0.717) is 31.0 Å². The zero-order chi connectivity index (χ0) is 19.1. The fourth-order valence-electron chi connectivity index (χ4n) is 2.92. The van der Waals surface area contributed by atoms with Gasteiger partial charge in [-0.1, -0.05) is 60.7 Å². The van der Waals surface area contributed by atoms with Crippen molar-refractivity contribution in [1.29, 1.82) is 0 Å². The molecule has 3 rings (SSSR count). The number of nitro groups is 1. The molecular formula is C21H21N3O3. The first-order chi connectivity index (χ1) is 13.2. The second-order valence-electron chi connectivity index (χ2n) is 6.20. The van der Waals surface area contributed by atoms with Crippen molar-refractivity contribution in [3.05, 3.63) is 99.7 Å². The first-order valence-corrected chi connectivity index (χ1v) is 8.75. The highest BCUT2D eigenvalue weighted by Gasteiger charge is 2.22. The van der Waals surface area contributed by atoms with Crippen LogP contribution in [0, 0.1) is 10.1 Å². The highest BCUT2D eigenvalue weighted by molar-refractivity contribution is 5.58. The summed E-state index contributed by atoms with van der Waals surface area (Å²) in [6.45, 7) is 0.930. The average molecular weight is 363 g/mol. The van der Waals surface area contributed by atoms with E-state index in [-0.39, 0.29) is 12.3 Å². The van der Waals surface area contributed by atoms with Gasteiger partial charge in [-0.3, -0.25) is 10.1 Å². The van der Waals surface area contributed by atoms with E-state index in [2.05, 4.69) is 4.98 Å². The molecule has 0 amide bonds. The lowest BCUT2D eigenvalue weighted by Gasteiger charge is -2.24. The van der Waals surface area contributed by atoms with Gasteiger partial charge in [-0.15, -0.1) is 0 Å². The van der Waals surface area contributed by atoms with Crippen LogP contribution in [0.3, 0.4) is 0 Å². The summed E-state index contributed by atoms with van der Waals surface area (Å²) < 4.78 is 0. The van der Waals surface area contributed by atoms with Crippen molar-refractivity contribution in [2.45, 2.75) is 19.5 Å². The Hall–Kier alpha value is -3.25. The average Bonchev–Trinajstić information content (AvgIpc) is 2.69. The molecule has 0 bridgehead atoms. The Morgan fingerprint density at radius 2 is 1.44 bits per heavy atom. The van der Waals surface area contributed by atoms with E-state index in [0.717, 1.165) is 11.1 Å². The van der Waals surface area contributed by atoms with Crippen molar-refractivity contribution >= 4 is 11.5 Å². The molecule has 0 atom stereocenters. The molecule has 0 spiro atoms. The van der Waals surface area contributed by atoms with Gasteiger partial charge in [0.05, 0.1) is 4.92 Å². The van der Waals surface area contributed by atoms with Crippen LogP contribution < -0.4 is 4.90 Å². The number of aliphatic hydroxyl groups is 1. The van der Waals surface area contributed by atoms with Crippen molar-refractivity contribution in [2.75, 3.05) is 11.5 Å². The molecular weight excluding hydrogens is 342 g/mol. The highest BCUT2D eigenvalue weighted by atomic mass is 16.6. The van der Waals surface area contributed by atoms with E-state index in [4.69, 9.17) is 0 Å². The van der Waals surface area contributed by atoms with Gasteiger partial charge in [0.2, 0.25) is 5.82 Å². The Labute approximate surface area is 157 Å². The zero-order valence-corrected chi connectivity index (χ0v) is 14.9. The van der Waals surface area contributed by atoms with Gasteiger partial charge in [-0.2, -0.15) is 0 Å². The van der Waals surface area contributed by atoms with E-state index >= 15 is 0 Å². The van der Waals surface area contributed by atoms with Gasteiger partial charge in [0.25, 0.3) is 0 Å². The standard InChI is InChI=1S/C21H21N3O3/c25-14-13-19-11-12-20(24(26)27)21(22-19)23(15-17-7-3-1-4-8-17)16-18-9-5-2-6-10-18/h1-12,25H,13-16H2. The summed E-state index contributed by atoms with van der Waals surface area (Å²) in [7, 11) is 0. The van der Waals surface area contributed by atoms with Gasteiger partial charge < -0.3 is 10.0 Å². The van der Waals surface area contributed by atoms with Crippen molar-refractivity contribution < 1.29 is 10.0 Å². The Balaban J connectivity index is 2.02. The summed E-state index contributed by atoms with van der Waals surface area (Å²) in [6.07, 6.45) is 0.357. The van der Waals surface area contributed by atoms with Gasteiger partial charge in [0, 0.05) is 37.9 Å². The third kappa shape index (κ3) is 4.89. The topological polar surface area (TPSA) is 79.5 Å². The molecule has 138 valence electrons. The van der Waals surface area contributed by atoms with Crippen molar-refractivity contribution in [3.63, 3.8) is 0 Å². The molecule has 2 aromatic carbocycles. The summed E-state index contributed by atoms with van der Waals surface area (Å²) in [5.74, 6) is 0.318. The number of aromatic nitrogens is 1. The van der Waals surface area contributed by atoms with Crippen LogP contribution in [-0.2, 0) is 19.5 Å². The van der Waals surface area contributed by atoms with E-state index in [9.17, 15) is 15.2 Å². The summed E-state index contributed by atoms with van der Waals surface area (Å²) in [5.41, 5.74) is 2.67. The fourth-order valence-corrected chi connectivity index (χ4v) is 2.92. The second kappa shape index (κ2) is 8.91. The largest absolute Gasteiger partial charge is 0.396 e. The van der Waals surface area contributed by atoms with Crippen LogP contribution in [-0.4, -0.2) is 21.6 Å². The maximum atomic E-state index is 11.6. The number of nitrogens with zero attached hydrogens (tertiary/aromatic N) is 3. The van der Waals surface area contributed by atoms with Crippen molar-refractivity contribution in [3.8, 4) is 0 Å². The predicted octanol–water partition coefficient (Wildman–Crippen LogP) is 3.73. The molecule has 0 aliphatic carbocycles. The number of aliphatic hydroxyl groups excluding tert-OH is 1. The van der Waals surface area contributed by atoms with Gasteiger partial charge in [0.15, 0.2) is 0 Å². The summed E-state index contributed by atoms with van der Waals surface area (Å²) in [6, 6.07) is 22.7. The molecule has 0 saturated heterocycles. The maximum Gasteiger partial charge on any atom is 0.311 e. The minimum Gasteiger partial charge on any atom is -0.396 e. The zero-order valence-electron chi connectivity index (χ0n) is 14.9. The molecule has 0 unspecified atom stereocenters. The first kappa shape index (κ1) is 18.5. The molecule has 0 aliphatic heterocycles. The number of benzene rings is 2. The minimum atomic E-state index is -0.409. The lowest BCUT2D eigenvalue weighted by Crippen LogP contribution is -2.24. The van der Waals surface area contributed by atoms with Crippen LogP contribution in [0.2, 0.25) is 0 Å². The fraction of sp³-hybridized carbons (Fsp3) is 0.190. The van der Waals surface area contributed by atoms with Crippen LogP contribution in [0.15, 0.2) is 72.8 Å². The van der Waals surface area contributed by atoms with Gasteiger partial charge in [0.1, 0.15) is 0 Å². The molecule has 0 fully saturated rings. The third-order valence-electron chi connectivity index (χ3n) is 4.21. The van der Waals surface area contributed by atoms with E-state index < -0.39 is 4.92 Å². The Bertz CT molecular complexity index is 844. The maximum absolute atomic E-state index is 11.6. The Morgan fingerprint density at radius 1 is 0.889 bits per heavy atom. The normalized spacial score (nSPS) is 10.6. The Kier molecular flexibility index (Phi) is 6.12. The number of hydrogen-bond donors (Lipinski definition) is 1. The number of rotatable bonds is 8. The monoisotopic (exact) mass is 363 g/mol. The molecule has 1 heterocycles. The van der Waals surface area contributed by atoms with E-state index in [1.165, 1.54) is 6.07 Å². The smallest absolute Gasteiger partial charge is 0.311 e. The van der Waals surface area contributed by atoms with Gasteiger partial charge in [-0.25, -0.2) is 4.98 Å². The molecule has 3 aromatic rings. The summed E-state index contributed by atoms with van der Waals surface area (Å²) >= 11 is 0. The molecule has 6 nitrogen and oxygen atoms in total. The van der Waals surface area contributed by atoms with E-state index in [1.54, 1.807) is 6.07 Å². The number of hydrogen-bond acceptors (Lipinski definition) is 5. The molecule has 27 heavy (non-hydrogen) atoms. The molecule has 0 radical (unpaired) electrons. The first-order valence-electron chi connectivity index (χ1n) is 8.75. The molecule has 0 aliphatic rings. The molecule has 1 N–H and O–H groups in total. The lowest BCUT2D eigenvalue weighted by atomic mass is 10.1. The third-order valence-corrected chi connectivity index (χ3v) is 4.21. The SMILES string of the molecule is O=[N+]([O-])c1ccc(CCO)nc1N(Cc1ccccc1)Cc1ccccc1. The quantitative estimate of drug-likeness (QED) is 0.487. The van der Waals surface area contributed by atoms with Crippen LogP contribution in [0.5, 0.6) is 0 Å². The van der Waals surface area contributed by atoms with Crippen LogP contribution in [0.1, 0.15) is 16.8 Å². The van der Waals surface area contributed by atoms with Crippen molar-refractivity contribution in [1.82, 2.24) is 4.98 Å². The predicted molar refractivity (Wildman–Crippen MR) is 104 cm³/mol. The molecule has 1 aromatic heterocycles.